The molecule has 0 radical (unpaired) electrons. The predicted molar refractivity (Wildman–Crippen MR) is 76.2 cm³/mol. The molecule has 0 saturated heterocycles. The summed E-state index contributed by atoms with van der Waals surface area (Å²) in [5.74, 6) is -1.26. The first kappa shape index (κ1) is 15.1. The van der Waals surface area contributed by atoms with Gasteiger partial charge in [-0.3, -0.25) is 4.79 Å². The van der Waals surface area contributed by atoms with E-state index >= 15 is 0 Å². The molecule has 0 aliphatic heterocycles. The number of ether oxygens (including phenoxy) is 1. The Morgan fingerprint density at radius 2 is 2.14 bits per heavy atom. The van der Waals surface area contributed by atoms with Gasteiger partial charge < -0.3 is 14.6 Å². The van der Waals surface area contributed by atoms with Crippen LogP contribution >= 0.6 is 11.6 Å². The summed E-state index contributed by atoms with van der Waals surface area (Å²) in [6.45, 7) is 3.14. The maximum absolute atomic E-state index is 11.9. The minimum Gasteiger partial charge on any atom is -0.447 e. The maximum atomic E-state index is 11.9. The lowest BCUT2D eigenvalue weighted by Crippen LogP contribution is -2.29. The van der Waals surface area contributed by atoms with Gasteiger partial charge in [0.2, 0.25) is 5.76 Å². The van der Waals surface area contributed by atoms with Gasteiger partial charge in [-0.25, -0.2) is 4.79 Å². The number of benzene rings is 1. The standard InChI is InChI=1S/C14H13ClN2O4/c1-8-6-12(21-17-8)14(19)20-9(2)13(18)16-11-5-3-4-10(15)7-11/h3-7,9H,1-2H3,(H,16,18)/t9-/m1/s1. The molecular formula is C14H13ClN2O4. The highest BCUT2D eigenvalue weighted by molar-refractivity contribution is 6.30. The van der Waals surface area contributed by atoms with Crippen LogP contribution in [0.25, 0.3) is 0 Å². The van der Waals surface area contributed by atoms with Crippen LogP contribution in [0.1, 0.15) is 23.2 Å². The molecule has 0 aliphatic carbocycles. The number of hydrogen-bond acceptors (Lipinski definition) is 5. The zero-order chi connectivity index (χ0) is 15.4. The molecule has 1 N–H and O–H groups in total. The highest BCUT2D eigenvalue weighted by atomic mass is 35.5. The van der Waals surface area contributed by atoms with Crippen molar-refractivity contribution in [1.82, 2.24) is 5.16 Å². The maximum Gasteiger partial charge on any atom is 0.377 e. The van der Waals surface area contributed by atoms with Crippen LogP contribution in [0, 0.1) is 6.92 Å². The summed E-state index contributed by atoms with van der Waals surface area (Å²) < 4.78 is 9.76. The smallest absolute Gasteiger partial charge is 0.377 e. The van der Waals surface area contributed by atoms with Crippen molar-refractivity contribution in [2.75, 3.05) is 5.32 Å². The van der Waals surface area contributed by atoms with Crippen molar-refractivity contribution in [2.24, 2.45) is 0 Å². The Labute approximate surface area is 126 Å². The topological polar surface area (TPSA) is 81.4 Å². The van der Waals surface area contributed by atoms with Gasteiger partial charge in [-0.15, -0.1) is 0 Å². The molecule has 1 atom stereocenters. The Morgan fingerprint density at radius 1 is 1.38 bits per heavy atom. The van der Waals surface area contributed by atoms with Crippen molar-refractivity contribution in [3.63, 3.8) is 0 Å². The number of nitrogens with one attached hydrogen (secondary N) is 1. The van der Waals surface area contributed by atoms with Crippen molar-refractivity contribution in [1.29, 1.82) is 0 Å². The van der Waals surface area contributed by atoms with E-state index in [-0.39, 0.29) is 5.76 Å². The highest BCUT2D eigenvalue weighted by Gasteiger charge is 2.21. The van der Waals surface area contributed by atoms with E-state index in [0.717, 1.165) is 0 Å². The largest absolute Gasteiger partial charge is 0.447 e. The summed E-state index contributed by atoms with van der Waals surface area (Å²) >= 11 is 5.82. The van der Waals surface area contributed by atoms with Gasteiger partial charge in [-0.1, -0.05) is 22.8 Å². The lowest BCUT2D eigenvalue weighted by molar-refractivity contribution is -0.123. The van der Waals surface area contributed by atoms with E-state index < -0.39 is 18.0 Å². The van der Waals surface area contributed by atoms with E-state index in [9.17, 15) is 9.59 Å². The molecule has 1 amide bonds. The number of carbonyl (C=O) groups excluding carboxylic acids is 2. The Kier molecular flexibility index (Phi) is 4.59. The average Bonchev–Trinajstić information content (AvgIpc) is 2.85. The molecule has 0 bridgehead atoms. The Morgan fingerprint density at radius 3 is 2.76 bits per heavy atom. The van der Waals surface area contributed by atoms with Gasteiger partial charge >= 0.3 is 5.97 Å². The minimum absolute atomic E-state index is 0.0464. The predicted octanol–water partition coefficient (Wildman–Crippen LogP) is 2.82. The Bertz CT molecular complexity index is 668. The number of nitrogens with zero attached hydrogens (tertiary/aromatic N) is 1. The summed E-state index contributed by atoms with van der Waals surface area (Å²) in [5.41, 5.74) is 1.07. The molecule has 7 heteroatoms. The number of amides is 1. The van der Waals surface area contributed by atoms with Crippen LogP contribution in [0.2, 0.25) is 5.02 Å². The monoisotopic (exact) mass is 308 g/mol. The Hall–Kier alpha value is -2.34. The zero-order valence-corrected chi connectivity index (χ0v) is 12.2. The van der Waals surface area contributed by atoms with Crippen LogP contribution < -0.4 is 5.32 Å². The number of aryl methyl sites for hydroxylation is 1. The van der Waals surface area contributed by atoms with E-state index in [1.807, 2.05) is 0 Å². The molecule has 6 nitrogen and oxygen atoms in total. The molecule has 0 fully saturated rings. The number of carbonyl (C=O) groups is 2. The molecule has 1 heterocycles. The SMILES string of the molecule is Cc1cc(C(=O)O[C@H](C)C(=O)Nc2cccc(Cl)c2)on1. The minimum atomic E-state index is -0.984. The molecule has 0 spiro atoms. The summed E-state index contributed by atoms with van der Waals surface area (Å²) in [6, 6.07) is 8.09. The van der Waals surface area contributed by atoms with Crippen LogP contribution in [-0.2, 0) is 9.53 Å². The number of halogens is 1. The van der Waals surface area contributed by atoms with Gasteiger partial charge in [0.05, 0.1) is 5.69 Å². The summed E-state index contributed by atoms with van der Waals surface area (Å²) in [7, 11) is 0. The van der Waals surface area contributed by atoms with Gasteiger partial charge in [-0.05, 0) is 32.0 Å². The van der Waals surface area contributed by atoms with Crippen LogP contribution in [0.15, 0.2) is 34.9 Å². The second-order valence-corrected chi connectivity index (χ2v) is 4.82. The van der Waals surface area contributed by atoms with Gasteiger partial charge in [0.25, 0.3) is 5.91 Å². The fourth-order valence-corrected chi connectivity index (χ4v) is 1.73. The molecule has 21 heavy (non-hydrogen) atoms. The summed E-state index contributed by atoms with van der Waals surface area (Å²) in [5, 5.41) is 6.67. The number of hydrogen-bond donors (Lipinski definition) is 1. The molecule has 110 valence electrons. The molecular weight excluding hydrogens is 296 g/mol. The second kappa shape index (κ2) is 6.41. The van der Waals surface area contributed by atoms with E-state index in [1.165, 1.54) is 13.0 Å². The van der Waals surface area contributed by atoms with Crippen LogP contribution in [-0.4, -0.2) is 23.1 Å². The lowest BCUT2D eigenvalue weighted by Gasteiger charge is -2.12. The zero-order valence-electron chi connectivity index (χ0n) is 11.4. The second-order valence-electron chi connectivity index (χ2n) is 4.38. The molecule has 0 aliphatic rings. The normalized spacial score (nSPS) is 11.8. The number of aromatic nitrogens is 1. The van der Waals surface area contributed by atoms with E-state index in [0.29, 0.717) is 16.4 Å². The van der Waals surface area contributed by atoms with Crippen molar-refractivity contribution >= 4 is 29.2 Å². The van der Waals surface area contributed by atoms with Gasteiger partial charge in [0.15, 0.2) is 6.10 Å². The molecule has 0 unspecified atom stereocenters. The molecule has 1 aromatic heterocycles. The third-order valence-electron chi connectivity index (χ3n) is 2.57. The fraction of sp³-hybridized carbons (Fsp3) is 0.214. The molecule has 1 aromatic carbocycles. The van der Waals surface area contributed by atoms with Crippen LogP contribution in [0.5, 0.6) is 0 Å². The summed E-state index contributed by atoms with van der Waals surface area (Å²) in [6.07, 6.45) is -0.984. The van der Waals surface area contributed by atoms with Crippen molar-refractivity contribution in [2.45, 2.75) is 20.0 Å². The van der Waals surface area contributed by atoms with E-state index in [2.05, 4.69) is 10.5 Å². The fourth-order valence-electron chi connectivity index (χ4n) is 1.54. The highest BCUT2D eigenvalue weighted by Crippen LogP contribution is 2.15. The first-order valence-electron chi connectivity index (χ1n) is 6.16. The number of rotatable bonds is 4. The molecule has 0 saturated carbocycles. The number of esters is 1. The van der Waals surface area contributed by atoms with E-state index in [4.69, 9.17) is 20.9 Å². The van der Waals surface area contributed by atoms with Crippen molar-refractivity contribution in [3.8, 4) is 0 Å². The first-order valence-corrected chi connectivity index (χ1v) is 6.54. The van der Waals surface area contributed by atoms with Crippen LogP contribution in [0.3, 0.4) is 0 Å². The van der Waals surface area contributed by atoms with Crippen molar-refractivity contribution in [3.05, 3.63) is 46.8 Å². The van der Waals surface area contributed by atoms with Crippen molar-refractivity contribution < 1.29 is 18.8 Å². The van der Waals surface area contributed by atoms with Gasteiger partial charge in [0, 0.05) is 16.8 Å². The third-order valence-corrected chi connectivity index (χ3v) is 2.81. The van der Waals surface area contributed by atoms with Crippen LogP contribution in [0.4, 0.5) is 5.69 Å². The van der Waals surface area contributed by atoms with Gasteiger partial charge in [-0.2, -0.15) is 0 Å². The molecule has 2 rings (SSSR count). The summed E-state index contributed by atoms with van der Waals surface area (Å²) in [4.78, 5) is 23.6. The van der Waals surface area contributed by atoms with Gasteiger partial charge in [0.1, 0.15) is 0 Å². The Balaban J connectivity index is 1.95. The van der Waals surface area contributed by atoms with E-state index in [1.54, 1.807) is 31.2 Å². The average molecular weight is 309 g/mol. The lowest BCUT2D eigenvalue weighted by atomic mass is 10.3. The molecule has 2 aromatic rings. The quantitative estimate of drug-likeness (QED) is 0.878. The third kappa shape index (κ3) is 4.06. The first-order chi connectivity index (χ1) is 9.95. The number of anilines is 1.